The third-order valence-corrected chi connectivity index (χ3v) is 2.31. The molecule has 0 aliphatic carbocycles. The van der Waals surface area contributed by atoms with E-state index in [1.165, 1.54) is 0 Å². The van der Waals surface area contributed by atoms with Gasteiger partial charge in [-0.3, -0.25) is 0 Å². The fourth-order valence-corrected chi connectivity index (χ4v) is 1.46. The van der Waals surface area contributed by atoms with Crippen LogP contribution in [-0.4, -0.2) is 5.11 Å². The predicted octanol–water partition coefficient (Wildman–Crippen LogP) is 2.48. The van der Waals surface area contributed by atoms with E-state index >= 15 is 0 Å². The van der Waals surface area contributed by atoms with Crippen LogP contribution in [0.3, 0.4) is 0 Å². The fourth-order valence-electron chi connectivity index (χ4n) is 1.46. The quantitative estimate of drug-likeness (QED) is 0.500. The van der Waals surface area contributed by atoms with Gasteiger partial charge in [0.25, 0.3) is 0 Å². The normalized spacial score (nSPS) is 11.7. The number of benzene rings is 1. The van der Waals surface area contributed by atoms with E-state index in [4.69, 9.17) is 12.8 Å². The molecule has 1 nitrogen and oxygen atoms in total. The summed E-state index contributed by atoms with van der Waals surface area (Å²) in [5.74, 6) is -2.76. The van der Waals surface area contributed by atoms with Crippen molar-refractivity contribution in [3.05, 3.63) is 34.4 Å². The molecule has 0 saturated carbocycles. The number of halogens is 4. The first-order valence-electron chi connectivity index (χ1n) is 4.85. The molecule has 1 atom stereocenters. The Kier molecular flexibility index (Phi) is 4.36. The highest BCUT2D eigenvalue weighted by Crippen LogP contribution is 2.30. The van der Waals surface area contributed by atoms with Crippen molar-refractivity contribution in [1.29, 1.82) is 0 Å². The summed E-state index contributed by atoms with van der Waals surface area (Å²) in [5.41, 5.74) is -2.01. The summed E-state index contributed by atoms with van der Waals surface area (Å²) >= 11 is 0. The molecule has 0 fully saturated rings. The van der Waals surface area contributed by atoms with Gasteiger partial charge in [0.2, 0.25) is 0 Å². The number of terminal acetylenes is 2. The molecule has 94 valence electrons. The Balaban J connectivity index is 3.50. The van der Waals surface area contributed by atoms with Gasteiger partial charge in [0, 0.05) is 18.4 Å². The van der Waals surface area contributed by atoms with Crippen molar-refractivity contribution in [3.8, 4) is 24.7 Å². The molecule has 0 amide bonds. The minimum absolute atomic E-state index is 0.471. The van der Waals surface area contributed by atoms with Crippen molar-refractivity contribution in [2.45, 2.75) is 18.9 Å². The summed E-state index contributed by atoms with van der Waals surface area (Å²) in [4.78, 5) is 0. The summed E-state index contributed by atoms with van der Waals surface area (Å²) < 4.78 is 53.9. The van der Waals surface area contributed by atoms with Gasteiger partial charge in [0.15, 0.2) is 23.3 Å². The van der Waals surface area contributed by atoms with Crippen molar-refractivity contribution in [3.63, 3.8) is 0 Å². The zero-order valence-corrected chi connectivity index (χ0v) is 9.11. The van der Waals surface area contributed by atoms with E-state index in [-0.39, 0.29) is 0 Å². The largest absolute Gasteiger partial charge is 0.387 e. The Hall–Kier alpha value is -1.98. The van der Waals surface area contributed by atoms with Crippen molar-refractivity contribution < 1.29 is 22.7 Å². The first-order valence-corrected chi connectivity index (χ1v) is 4.85. The molecule has 0 aliphatic heterocycles. The molecule has 1 aromatic rings. The number of aliphatic hydroxyl groups is 1. The zero-order valence-electron chi connectivity index (χ0n) is 9.11. The molecule has 5 heteroatoms. The first kappa shape index (κ1) is 14.1. The van der Waals surface area contributed by atoms with Crippen LogP contribution in [0, 0.1) is 48.0 Å². The predicted molar refractivity (Wildman–Crippen MR) is 57.2 cm³/mol. The molecule has 0 radical (unpaired) electrons. The molecule has 0 bridgehead atoms. The molecule has 0 heterocycles. The summed E-state index contributed by atoms with van der Waals surface area (Å²) in [5, 5.41) is 9.36. The van der Waals surface area contributed by atoms with Gasteiger partial charge in [-0.25, -0.2) is 17.6 Å². The Morgan fingerprint density at radius 2 is 1.44 bits per heavy atom. The van der Waals surface area contributed by atoms with Crippen molar-refractivity contribution in [2.24, 2.45) is 0 Å². The van der Waals surface area contributed by atoms with Gasteiger partial charge >= 0.3 is 0 Å². The third kappa shape index (κ3) is 2.32. The van der Waals surface area contributed by atoms with E-state index in [0.717, 1.165) is 0 Å². The standard InChI is InChI=1S/C13H8F4O/c1-3-5-7-10(14)12(16)9(8(18)6-4-2)13(17)11(7)15/h1-2,8,18H,5-6H2. The highest BCUT2D eigenvalue weighted by Gasteiger charge is 2.28. The van der Waals surface area contributed by atoms with Gasteiger partial charge < -0.3 is 5.11 Å². The van der Waals surface area contributed by atoms with Crippen LogP contribution >= 0.6 is 0 Å². The van der Waals surface area contributed by atoms with E-state index in [1.54, 1.807) is 0 Å². The Bertz CT molecular complexity index is 523. The number of rotatable bonds is 3. The minimum atomic E-state index is -1.82. The van der Waals surface area contributed by atoms with Crippen LogP contribution in [0.15, 0.2) is 0 Å². The lowest BCUT2D eigenvalue weighted by Crippen LogP contribution is -2.12. The molecule has 1 aromatic carbocycles. The maximum absolute atomic E-state index is 13.5. The Labute approximate surface area is 101 Å². The van der Waals surface area contributed by atoms with Crippen molar-refractivity contribution in [2.75, 3.05) is 0 Å². The number of hydrogen-bond donors (Lipinski definition) is 1. The van der Waals surface area contributed by atoms with E-state index in [9.17, 15) is 22.7 Å². The van der Waals surface area contributed by atoms with Crippen LogP contribution in [0.1, 0.15) is 23.7 Å². The average molecular weight is 256 g/mol. The van der Waals surface area contributed by atoms with Gasteiger partial charge in [-0.1, -0.05) is 0 Å². The summed E-state index contributed by atoms with van der Waals surface area (Å²) in [6.07, 6.45) is 6.80. The molecular formula is C13H8F4O. The van der Waals surface area contributed by atoms with Gasteiger partial charge in [-0.2, -0.15) is 0 Å². The maximum Gasteiger partial charge on any atom is 0.168 e. The van der Waals surface area contributed by atoms with Crippen LogP contribution < -0.4 is 0 Å². The van der Waals surface area contributed by atoms with E-state index in [1.807, 2.05) is 11.8 Å². The lowest BCUT2D eigenvalue weighted by Gasteiger charge is -2.13. The Morgan fingerprint density at radius 1 is 0.944 bits per heavy atom. The highest BCUT2D eigenvalue weighted by molar-refractivity contribution is 5.33. The second kappa shape index (κ2) is 5.57. The smallest absolute Gasteiger partial charge is 0.168 e. The lowest BCUT2D eigenvalue weighted by atomic mass is 10.0. The van der Waals surface area contributed by atoms with E-state index in [0.29, 0.717) is 0 Å². The number of aliphatic hydroxyl groups excluding tert-OH is 1. The van der Waals surface area contributed by atoms with Crippen molar-refractivity contribution >= 4 is 0 Å². The molecular weight excluding hydrogens is 248 g/mol. The van der Waals surface area contributed by atoms with E-state index < -0.39 is 53.3 Å². The molecule has 0 aromatic heterocycles. The molecule has 18 heavy (non-hydrogen) atoms. The molecule has 0 aliphatic rings. The second-order valence-electron chi connectivity index (χ2n) is 3.45. The molecule has 1 unspecified atom stereocenters. The maximum atomic E-state index is 13.5. The summed E-state index contributed by atoms with van der Waals surface area (Å²) in [6, 6.07) is 0. The van der Waals surface area contributed by atoms with Crippen LogP contribution in [-0.2, 0) is 6.42 Å². The van der Waals surface area contributed by atoms with Crippen LogP contribution in [0.5, 0.6) is 0 Å². The van der Waals surface area contributed by atoms with Crippen LogP contribution in [0.2, 0.25) is 0 Å². The topological polar surface area (TPSA) is 20.2 Å². The van der Waals surface area contributed by atoms with Gasteiger partial charge in [0.1, 0.15) is 0 Å². The van der Waals surface area contributed by atoms with Gasteiger partial charge in [0.05, 0.1) is 11.7 Å². The Morgan fingerprint density at radius 3 is 1.83 bits per heavy atom. The average Bonchev–Trinajstić information content (AvgIpc) is 2.33. The lowest BCUT2D eigenvalue weighted by molar-refractivity contribution is 0.170. The minimum Gasteiger partial charge on any atom is -0.387 e. The van der Waals surface area contributed by atoms with Gasteiger partial charge in [-0.15, -0.1) is 24.7 Å². The van der Waals surface area contributed by atoms with Gasteiger partial charge in [-0.05, 0) is 0 Å². The molecule has 1 N–H and O–H groups in total. The monoisotopic (exact) mass is 256 g/mol. The highest BCUT2D eigenvalue weighted by atomic mass is 19.2. The van der Waals surface area contributed by atoms with E-state index in [2.05, 4.69) is 0 Å². The van der Waals surface area contributed by atoms with Crippen molar-refractivity contribution in [1.82, 2.24) is 0 Å². The SMILES string of the molecule is C#CCc1c(F)c(F)c(C(O)CC#C)c(F)c1F. The van der Waals surface area contributed by atoms with Crippen LogP contribution in [0.25, 0.3) is 0 Å². The second-order valence-corrected chi connectivity index (χ2v) is 3.45. The number of hydrogen-bond acceptors (Lipinski definition) is 1. The summed E-state index contributed by atoms with van der Waals surface area (Å²) in [6.45, 7) is 0. The molecule has 0 saturated heterocycles. The third-order valence-electron chi connectivity index (χ3n) is 2.31. The molecule has 1 rings (SSSR count). The van der Waals surface area contributed by atoms with Crippen LogP contribution in [0.4, 0.5) is 17.6 Å². The summed E-state index contributed by atoms with van der Waals surface area (Å²) in [7, 11) is 0. The zero-order chi connectivity index (χ0) is 13.9. The first-order chi connectivity index (χ1) is 8.45. The molecule has 0 spiro atoms. The fraction of sp³-hybridized carbons (Fsp3) is 0.231.